The molecule has 0 aliphatic rings. The lowest BCUT2D eigenvalue weighted by atomic mass is 10.1. The number of carbonyl (C=O) groups excluding carboxylic acids is 2. The molecule has 0 saturated heterocycles. The number of ether oxygens (including phenoxy) is 1. The van der Waals surface area contributed by atoms with Gasteiger partial charge in [-0.15, -0.1) is 0 Å². The Hall–Kier alpha value is -4.83. The summed E-state index contributed by atoms with van der Waals surface area (Å²) in [6.07, 6.45) is 1.49. The van der Waals surface area contributed by atoms with Crippen LogP contribution in [0.2, 0.25) is 0 Å². The van der Waals surface area contributed by atoms with Gasteiger partial charge in [0.2, 0.25) is 0 Å². The quantitative estimate of drug-likeness (QED) is 0.457. The molecule has 0 bridgehead atoms. The van der Waals surface area contributed by atoms with Crippen molar-refractivity contribution in [3.05, 3.63) is 108 Å². The largest absolute Gasteiger partial charge is 0.464 e. The summed E-state index contributed by atoms with van der Waals surface area (Å²) in [7, 11) is 1.25. The Morgan fingerprint density at radius 1 is 0.909 bits per heavy atom. The van der Waals surface area contributed by atoms with Gasteiger partial charge in [0.25, 0.3) is 5.91 Å². The molecule has 0 fully saturated rings. The topological polar surface area (TPSA) is 101 Å². The Morgan fingerprint density at radius 2 is 1.48 bits per heavy atom. The Balaban J connectivity index is 1.78. The highest BCUT2D eigenvalue weighted by Gasteiger charge is 2.23. The summed E-state index contributed by atoms with van der Waals surface area (Å²) in [5.41, 5.74) is 8.78. The minimum absolute atomic E-state index is 0.0543. The lowest BCUT2D eigenvalue weighted by Crippen LogP contribution is -2.25. The van der Waals surface area contributed by atoms with E-state index in [0.29, 0.717) is 22.6 Å². The van der Waals surface area contributed by atoms with E-state index in [0.717, 1.165) is 0 Å². The summed E-state index contributed by atoms with van der Waals surface area (Å²) in [5.74, 6) is -0.829. The van der Waals surface area contributed by atoms with Crippen molar-refractivity contribution in [2.75, 3.05) is 17.7 Å². The number of nitrogens with two attached hydrogens (primary N) is 1. The van der Waals surface area contributed by atoms with Crippen molar-refractivity contribution in [3.8, 4) is 11.8 Å². The number of amides is 1. The fourth-order valence-corrected chi connectivity index (χ4v) is 3.55. The first kappa shape index (κ1) is 21.4. The number of nitrogens with zero attached hydrogens (tertiary/aromatic N) is 3. The van der Waals surface area contributed by atoms with Crippen LogP contribution in [0.5, 0.6) is 0 Å². The lowest BCUT2D eigenvalue weighted by molar-refractivity contribution is 0.0593. The third-order valence-electron chi connectivity index (χ3n) is 5.17. The van der Waals surface area contributed by atoms with Crippen molar-refractivity contribution >= 4 is 28.9 Å². The molecule has 1 heterocycles. The van der Waals surface area contributed by atoms with Crippen molar-refractivity contribution in [2.24, 2.45) is 0 Å². The van der Waals surface area contributed by atoms with Gasteiger partial charge >= 0.3 is 5.97 Å². The second-order valence-corrected chi connectivity index (χ2v) is 7.14. The highest BCUT2D eigenvalue weighted by molar-refractivity contribution is 6.10. The third-order valence-corrected chi connectivity index (χ3v) is 5.17. The zero-order chi connectivity index (χ0) is 23.4. The van der Waals surface area contributed by atoms with Crippen molar-refractivity contribution in [3.63, 3.8) is 0 Å². The molecule has 7 heteroatoms. The van der Waals surface area contributed by atoms with Crippen molar-refractivity contribution in [1.82, 2.24) is 4.57 Å². The molecule has 0 radical (unpaired) electrons. The molecule has 1 aromatic heterocycles. The van der Waals surface area contributed by atoms with E-state index in [1.807, 2.05) is 54.6 Å². The van der Waals surface area contributed by atoms with Gasteiger partial charge in [0.05, 0.1) is 18.4 Å². The first-order chi connectivity index (χ1) is 16.0. The number of rotatable bonds is 5. The fraction of sp³-hybridized carbons (Fsp3) is 0.0385. The van der Waals surface area contributed by atoms with Gasteiger partial charge in [-0.25, -0.2) is 4.79 Å². The molecule has 33 heavy (non-hydrogen) atoms. The number of esters is 1. The van der Waals surface area contributed by atoms with Crippen molar-refractivity contribution in [2.45, 2.75) is 0 Å². The van der Waals surface area contributed by atoms with Crippen LogP contribution in [0.15, 0.2) is 91.1 Å². The fourth-order valence-electron chi connectivity index (χ4n) is 3.55. The smallest absolute Gasteiger partial charge is 0.357 e. The van der Waals surface area contributed by atoms with E-state index in [-0.39, 0.29) is 22.9 Å². The minimum atomic E-state index is -0.650. The lowest BCUT2D eigenvalue weighted by Gasteiger charge is -2.23. The van der Waals surface area contributed by atoms with Gasteiger partial charge in [-0.05, 0) is 48.5 Å². The van der Waals surface area contributed by atoms with E-state index in [1.54, 1.807) is 41.3 Å². The van der Waals surface area contributed by atoms with Crippen LogP contribution in [0.1, 0.15) is 26.4 Å². The minimum Gasteiger partial charge on any atom is -0.464 e. The molecule has 0 spiro atoms. The first-order valence-corrected chi connectivity index (χ1v) is 10.1. The van der Waals surface area contributed by atoms with E-state index in [9.17, 15) is 14.9 Å². The van der Waals surface area contributed by atoms with Crippen LogP contribution in [-0.4, -0.2) is 23.6 Å². The molecule has 4 aromatic rings. The molecular weight excluding hydrogens is 416 g/mol. The predicted octanol–water partition coefficient (Wildman–Crippen LogP) is 4.70. The molecule has 0 unspecified atom stereocenters. The average molecular weight is 436 g/mol. The van der Waals surface area contributed by atoms with Gasteiger partial charge < -0.3 is 15.0 Å². The Bertz CT molecular complexity index is 1340. The molecule has 0 atom stereocenters. The highest BCUT2D eigenvalue weighted by atomic mass is 16.5. The maximum absolute atomic E-state index is 13.4. The average Bonchev–Trinajstić information content (AvgIpc) is 3.21. The number of anilines is 3. The Labute approximate surface area is 190 Å². The number of para-hydroxylation sites is 1. The number of aromatic nitrogens is 1. The number of hydrogen-bond acceptors (Lipinski definition) is 5. The zero-order valence-electron chi connectivity index (χ0n) is 17.8. The molecule has 3 aromatic carbocycles. The molecule has 2 N–H and O–H groups in total. The molecule has 1 amide bonds. The molecule has 7 nitrogen and oxygen atoms in total. The Kier molecular flexibility index (Phi) is 5.92. The van der Waals surface area contributed by atoms with Gasteiger partial charge in [0, 0.05) is 28.8 Å². The predicted molar refractivity (Wildman–Crippen MR) is 126 cm³/mol. The summed E-state index contributed by atoms with van der Waals surface area (Å²) in [5, 5.41) is 9.33. The van der Waals surface area contributed by atoms with Crippen molar-refractivity contribution < 1.29 is 14.3 Å². The van der Waals surface area contributed by atoms with E-state index < -0.39 is 5.97 Å². The maximum Gasteiger partial charge on any atom is 0.357 e. The normalized spacial score (nSPS) is 10.3. The molecule has 0 aliphatic heterocycles. The molecule has 0 aliphatic carbocycles. The van der Waals surface area contributed by atoms with E-state index >= 15 is 0 Å². The van der Waals surface area contributed by atoms with Crippen LogP contribution in [-0.2, 0) is 4.74 Å². The van der Waals surface area contributed by atoms with E-state index in [2.05, 4.69) is 0 Å². The number of carbonyl (C=O) groups is 2. The molecule has 162 valence electrons. The molecule has 4 rings (SSSR count). The first-order valence-electron chi connectivity index (χ1n) is 10.1. The van der Waals surface area contributed by atoms with Gasteiger partial charge in [-0.3, -0.25) is 9.69 Å². The van der Waals surface area contributed by atoms with E-state index in [1.165, 1.54) is 17.9 Å². The van der Waals surface area contributed by atoms with Gasteiger partial charge in [0.1, 0.15) is 6.07 Å². The monoisotopic (exact) mass is 436 g/mol. The second kappa shape index (κ2) is 9.12. The van der Waals surface area contributed by atoms with Gasteiger partial charge in [0.15, 0.2) is 5.69 Å². The standard InChI is InChI=1S/C26H20N4O3/c1-33-26(32)24-23(28)19(16-27)17-29(24)20-12-14-22(15-13-20)30(21-10-6-3-7-11-21)25(31)18-8-4-2-5-9-18/h2-15,17H,28H2,1H3. The van der Waals surface area contributed by atoms with Crippen LogP contribution < -0.4 is 10.6 Å². The van der Waals surface area contributed by atoms with Crippen molar-refractivity contribution in [1.29, 1.82) is 5.26 Å². The third kappa shape index (κ3) is 4.05. The van der Waals surface area contributed by atoms with Crippen LogP contribution >= 0.6 is 0 Å². The molecule has 0 saturated carbocycles. The van der Waals surface area contributed by atoms with Crippen LogP contribution in [0.4, 0.5) is 17.1 Å². The van der Waals surface area contributed by atoms with Crippen LogP contribution in [0, 0.1) is 11.3 Å². The number of benzene rings is 3. The second-order valence-electron chi connectivity index (χ2n) is 7.14. The summed E-state index contributed by atoms with van der Waals surface area (Å²) >= 11 is 0. The summed E-state index contributed by atoms with van der Waals surface area (Å²) in [4.78, 5) is 27.3. The Morgan fingerprint density at radius 3 is 2.06 bits per heavy atom. The molecular formula is C26H20N4O3. The zero-order valence-corrected chi connectivity index (χ0v) is 17.8. The summed E-state index contributed by atoms with van der Waals surface area (Å²) < 4.78 is 6.34. The van der Waals surface area contributed by atoms with Crippen LogP contribution in [0.25, 0.3) is 5.69 Å². The maximum atomic E-state index is 13.4. The van der Waals surface area contributed by atoms with E-state index in [4.69, 9.17) is 10.5 Å². The summed E-state index contributed by atoms with van der Waals surface area (Å²) in [6.45, 7) is 0. The SMILES string of the molecule is COC(=O)c1c(N)c(C#N)cn1-c1ccc(N(C(=O)c2ccccc2)c2ccccc2)cc1. The van der Waals surface area contributed by atoms with Crippen LogP contribution in [0.3, 0.4) is 0 Å². The number of nitriles is 1. The highest BCUT2D eigenvalue weighted by Crippen LogP contribution is 2.30. The van der Waals surface area contributed by atoms with Gasteiger partial charge in [-0.1, -0.05) is 36.4 Å². The number of methoxy groups -OCH3 is 1. The summed E-state index contributed by atoms with van der Waals surface area (Å²) in [6, 6.07) is 27.4. The van der Waals surface area contributed by atoms with Gasteiger partial charge in [-0.2, -0.15) is 5.26 Å². The number of nitrogen functional groups attached to an aromatic ring is 1. The number of hydrogen-bond donors (Lipinski definition) is 1.